The first-order chi connectivity index (χ1) is 4.79. The summed E-state index contributed by atoms with van der Waals surface area (Å²) in [5, 5.41) is 17.2. The van der Waals surface area contributed by atoms with Crippen LogP contribution >= 0.6 is 0 Å². The number of hydrogen-bond donors (Lipinski definition) is 2. The summed E-state index contributed by atoms with van der Waals surface area (Å²) in [5.74, 6) is 0.171. The predicted molar refractivity (Wildman–Crippen MR) is 35.2 cm³/mol. The molecule has 0 spiro atoms. The summed E-state index contributed by atoms with van der Waals surface area (Å²) in [6.45, 7) is -0.513. The van der Waals surface area contributed by atoms with E-state index in [0.29, 0.717) is 5.57 Å². The first-order valence-electron chi connectivity index (χ1n) is 2.81. The first-order valence-corrected chi connectivity index (χ1v) is 2.81. The minimum atomic E-state index is -0.256. The van der Waals surface area contributed by atoms with Crippen LogP contribution in [-0.2, 0) is 9.47 Å². The average molecular weight is 148 g/mol. The molecule has 0 atom stereocenters. The van der Waals surface area contributed by atoms with Crippen molar-refractivity contribution in [2.24, 2.45) is 0 Å². The van der Waals surface area contributed by atoms with E-state index in [2.05, 4.69) is 9.47 Å². The molecule has 4 heteroatoms. The number of rotatable bonds is 4. The molecule has 0 rings (SSSR count). The largest absolute Gasteiger partial charge is 0.469 e. The Hall–Kier alpha value is -0.740. The highest BCUT2D eigenvalue weighted by Crippen LogP contribution is 2.03. The molecule has 0 saturated heterocycles. The van der Waals surface area contributed by atoms with Crippen LogP contribution in [0, 0.1) is 0 Å². The lowest BCUT2D eigenvalue weighted by Crippen LogP contribution is -2.04. The van der Waals surface area contributed by atoms with Gasteiger partial charge in [-0.3, -0.25) is 0 Å². The lowest BCUT2D eigenvalue weighted by Gasteiger charge is -2.07. The third kappa shape index (κ3) is 2.24. The Bertz CT molecular complexity index is 92.9. The molecule has 0 aliphatic heterocycles. The Labute approximate surface area is 59.7 Å². The van der Waals surface area contributed by atoms with Gasteiger partial charge in [-0.1, -0.05) is 0 Å². The highest BCUT2D eigenvalue weighted by atomic mass is 16.7. The Morgan fingerprint density at radius 3 is 1.60 bits per heavy atom. The summed E-state index contributed by atoms with van der Waals surface area (Å²) < 4.78 is 9.36. The zero-order valence-corrected chi connectivity index (χ0v) is 6.13. The zero-order chi connectivity index (χ0) is 7.98. The van der Waals surface area contributed by atoms with Gasteiger partial charge < -0.3 is 19.7 Å². The van der Waals surface area contributed by atoms with Crippen molar-refractivity contribution in [1.82, 2.24) is 0 Å². The lowest BCUT2D eigenvalue weighted by molar-refractivity contribution is 0.0814. The van der Waals surface area contributed by atoms with Crippen LogP contribution in [0.15, 0.2) is 11.5 Å². The fourth-order valence-electron chi connectivity index (χ4n) is 0.551. The van der Waals surface area contributed by atoms with Gasteiger partial charge in [0.1, 0.15) is 0 Å². The van der Waals surface area contributed by atoms with E-state index in [1.807, 2.05) is 0 Å². The maximum absolute atomic E-state index is 8.58. The number of methoxy groups -OCH3 is 2. The standard InChI is InChI=1S/C6H12O4/c1-9-6(10-2)5(3-7)4-8/h7-8H,3-4H2,1-2H3. The summed E-state index contributed by atoms with van der Waals surface area (Å²) in [5.41, 5.74) is 0.338. The molecular formula is C6H12O4. The van der Waals surface area contributed by atoms with Crippen LogP contribution in [0.4, 0.5) is 0 Å². The fourth-order valence-corrected chi connectivity index (χ4v) is 0.551. The van der Waals surface area contributed by atoms with E-state index in [9.17, 15) is 0 Å². The molecule has 0 bridgehead atoms. The summed E-state index contributed by atoms with van der Waals surface area (Å²) >= 11 is 0. The van der Waals surface area contributed by atoms with Gasteiger partial charge in [-0.15, -0.1) is 0 Å². The Kier molecular flexibility index (Phi) is 4.70. The van der Waals surface area contributed by atoms with Crippen LogP contribution in [0.25, 0.3) is 0 Å². The van der Waals surface area contributed by atoms with Gasteiger partial charge in [-0.05, 0) is 0 Å². The van der Waals surface area contributed by atoms with Crippen molar-refractivity contribution in [1.29, 1.82) is 0 Å². The fraction of sp³-hybridized carbons (Fsp3) is 0.667. The molecule has 0 aromatic heterocycles. The third-order valence-corrected chi connectivity index (χ3v) is 1.04. The third-order valence-electron chi connectivity index (χ3n) is 1.04. The average Bonchev–Trinajstić information content (AvgIpc) is 2.00. The molecule has 4 nitrogen and oxygen atoms in total. The van der Waals surface area contributed by atoms with E-state index in [-0.39, 0.29) is 19.2 Å². The van der Waals surface area contributed by atoms with Gasteiger partial charge in [0.05, 0.1) is 33.0 Å². The molecule has 0 saturated carbocycles. The van der Waals surface area contributed by atoms with Gasteiger partial charge in [0, 0.05) is 0 Å². The van der Waals surface area contributed by atoms with Crippen molar-refractivity contribution < 1.29 is 19.7 Å². The van der Waals surface area contributed by atoms with E-state index in [1.165, 1.54) is 14.2 Å². The van der Waals surface area contributed by atoms with Crippen LogP contribution in [0.3, 0.4) is 0 Å². The van der Waals surface area contributed by atoms with Crippen LogP contribution in [0.2, 0.25) is 0 Å². The van der Waals surface area contributed by atoms with Crippen LogP contribution in [0.1, 0.15) is 0 Å². The highest BCUT2D eigenvalue weighted by Gasteiger charge is 2.04. The number of aliphatic hydroxyl groups excluding tert-OH is 2. The molecule has 0 unspecified atom stereocenters. The van der Waals surface area contributed by atoms with Crippen molar-refractivity contribution in [3.8, 4) is 0 Å². The quantitative estimate of drug-likeness (QED) is 0.526. The molecule has 10 heavy (non-hydrogen) atoms. The van der Waals surface area contributed by atoms with Crippen LogP contribution in [-0.4, -0.2) is 37.6 Å². The van der Waals surface area contributed by atoms with E-state index >= 15 is 0 Å². The molecule has 0 amide bonds. The molecule has 0 aliphatic rings. The second kappa shape index (κ2) is 5.08. The molecule has 0 fully saturated rings. The molecule has 0 aromatic rings. The van der Waals surface area contributed by atoms with E-state index in [1.54, 1.807) is 0 Å². The van der Waals surface area contributed by atoms with Crippen molar-refractivity contribution in [2.45, 2.75) is 0 Å². The van der Waals surface area contributed by atoms with Gasteiger partial charge in [0.2, 0.25) is 0 Å². The molecule has 2 N–H and O–H groups in total. The maximum atomic E-state index is 8.58. The van der Waals surface area contributed by atoms with Gasteiger partial charge in [0.25, 0.3) is 5.95 Å². The first kappa shape index (κ1) is 9.26. The minimum Gasteiger partial charge on any atom is -0.469 e. The van der Waals surface area contributed by atoms with Crippen molar-refractivity contribution >= 4 is 0 Å². The molecular weight excluding hydrogens is 136 g/mol. The normalized spacial score (nSPS) is 8.80. The minimum absolute atomic E-state index is 0.171. The zero-order valence-electron chi connectivity index (χ0n) is 6.13. The Morgan fingerprint density at radius 2 is 1.50 bits per heavy atom. The smallest absolute Gasteiger partial charge is 0.282 e. The lowest BCUT2D eigenvalue weighted by atomic mass is 10.3. The summed E-state index contributed by atoms with van der Waals surface area (Å²) in [6, 6.07) is 0. The second-order valence-electron chi connectivity index (χ2n) is 1.62. The van der Waals surface area contributed by atoms with Crippen LogP contribution < -0.4 is 0 Å². The molecule has 0 radical (unpaired) electrons. The maximum Gasteiger partial charge on any atom is 0.282 e. The van der Waals surface area contributed by atoms with Crippen molar-refractivity contribution in [2.75, 3.05) is 27.4 Å². The topological polar surface area (TPSA) is 58.9 Å². The molecule has 60 valence electrons. The van der Waals surface area contributed by atoms with Gasteiger partial charge in [-0.25, -0.2) is 0 Å². The number of aliphatic hydroxyl groups is 2. The monoisotopic (exact) mass is 148 g/mol. The van der Waals surface area contributed by atoms with E-state index < -0.39 is 0 Å². The van der Waals surface area contributed by atoms with Crippen molar-refractivity contribution in [3.05, 3.63) is 11.5 Å². The molecule has 0 aromatic carbocycles. The van der Waals surface area contributed by atoms with Gasteiger partial charge in [0.15, 0.2) is 0 Å². The number of ether oxygens (including phenoxy) is 2. The Morgan fingerprint density at radius 1 is 1.10 bits per heavy atom. The molecule has 0 aliphatic carbocycles. The van der Waals surface area contributed by atoms with Crippen molar-refractivity contribution in [3.63, 3.8) is 0 Å². The van der Waals surface area contributed by atoms with Crippen LogP contribution in [0.5, 0.6) is 0 Å². The second-order valence-corrected chi connectivity index (χ2v) is 1.62. The predicted octanol–water partition coefficient (Wildman–Crippen LogP) is -0.525. The summed E-state index contributed by atoms with van der Waals surface area (Å²) in [7, 11) is 2.81. The SMILES string of the molecule is COC(OC)=C(CO)CO. The van der Waals surface area contributed by atoms with E-state index in [0.717, 1.165) is 0 Å². The number of hydrogen-bond acceptors (Lipinski definition) is 4. The van der Waals surface area contributed by atoms with Gasteiger partial charge in [-0.2, -0.15) is 0 Å². The molecule has 0 heterocycles. The highest BCUT2D eigenvalue weighted by molar-refractivity contribution is 5.03. The van der Waals surface area contributed by atoms with E-state index in [4.69, 9.17) is 10.2 Å². The summed E-state index contributed by atoms with van der Waals surface area (Å²) in [6.07, 6.45) is 0. The Balaban J connectivity index is 4.20. The summed E-state index contributed by atoms with van der Waals surface area (Å²) in [4.78, 5) is 0. The van der Waals surface area contributed by atoms with Gasteiger partial charge >= 0.3 is 0 Å².